The molecule has 1 heterocycles. The first-order chi connectivity index (χ1) is 12.1. The zero-order chi connectivity index (χ0) is 17.8. The van der Waals surface area contributed by atoms with E-state index in [1.807, 2.05) is 24.3 Å². The first-order valence-corrected chi connectivity index (χ1v) is 8.15. The second-order valence-electron chi connectivity index (χ2n) is 5.75. The van der Waals surface area contributed by atoms with Crippen molar-refractivity contribution >= 4 is 16.9 Å². The van der Waals surface area contributed by atoms with Gasteiger partial charge >= 0.3 is 5.97 Å². The maximum Gasteiger partial charge on any atom is 0.336 e. The number of carbonyl (C=O) groups is 1. The molecular formula is C20H18FNO3. The van der Waals surface area contributed by atoms with E-state index in [-0.39, 0.29) is 10.9 Å². The molecule has 1 aromatic heterocycles. The van der Waals surface area contributed by atoms with E-state index in [2.05, 4.69) is 11.9 Å². The molecule has 0 saturated carbocycles. The predicted molar refractivity (Wildman–Crippen MR) is 94.5 cm³/mol. The summed E-state index contributed by atoms with van der Waals surface area (Å²) < 4.78 is 19.1. The fraction of sp³-hybridized carbons (Fsp3) is 0.200. The van der Waals surface area contributed by atoms with E-state index in [1.165, 1.54) is 24.3 Å². The van der Waals surface area contributed by atoms with Crippen molar-refractivity contribution in [2.75, 3.05) is 6.61 Å². The topological polar surface area (TPSA) is 59.4 Å². The Balaban J connectivity index is 1.98. The fourth-order valence-electron chi connectivity index (χ4n) is 2.58. The molecule has 3 rings (SSSR count). The maximum absolute atomic E-state index is 13.4. The molecule has 3 aromatic rings. The molecule has 0 atom stereocenters. The van der Waals surface area contributed by atoms with Crippen LogP contribution in [0.25, 0.3) is 22.2 Å². The number of nitrogens with zero attached hydrogens (tertiary/aromatic N) is 1. The predicted octanol–water partition coefficient (Wildman–Crippen LogP) is 4.92. The molecule has 2 aromatic carbocycles. The van der Waals surface area contributed by atoms with Crippen LogP contribution in [-0.4, -0.2) is 22.7 Å². The highest BCUT2D eigenvalue weighted by Gasteiger charge is 2.13. The molecule has 0 saturated heterocycles. The zero-order valence-electron chi connectivity index (χ0n) is 13.8. The lowest BCUT2D eigenvalue weighted by Gasteiger charge is -2.09. The van der Waals surface area contributed by atoms with E-state index in [0.29, 0.717) is 17.8 Å². The van der Waals surface area contributed by atoms with Gasteiger partial charge in [-0.2, -0.15) is 0 Å². The molecule has 0 unspecified atom stereocenters. The summed E-state index contributed by atoms with van der Waals surface area (Å²) in [5, 5.41) is 9.73. The van der Waals surface area contributed by atoms with Crippen LogP contribution >= 0.6 is 0 Å². The molecule has 0 aliphatic rings. The van der Waals surface area contributed by atoms with Crippen LogP contribution in [0.5, 0.6) is 5.75 Å². The molecule has 5 heteroatoms. The number of hydrogen-bond donors (Lipinski definition) is 1. The van der Waals surface area contributed by atoms with E-state index in [9.17, 15) is 14.3 Å². The Morgan fingerprint density at radius 1 is 1.16 bits per heavy atom. The number of aromatic carboxylic acids is 1. The highest BCUT2D eigenvalue weighted by atomic mass is 19.1. The Kier molecular flexibility index (Phi) is 4.93. The number of carboxylic acids is 1. The highest BCUT2D eigenvalue weighted by Crippen LogP contribution is 2.27. The van der Waals surface area contributed by atoms with Crippen molar-refractivity contribution in [2.45, 2.75) is 19.8 Å². The summed E-state index contributed by atoms with van der Waals surface area (Å²) in [6.07, 6.45) is 2.06. The molecule has 0 aliphatic heterocycles. The standard InChI is InChI=1S/C20H18FNO3/c1-2-3-10-25-15-7-4-13(5-8-15)19-12-17(20(23)24)16-11-14(21)6-9-18(16)22-19/h4-9,11-12H,2-3,10H2,1H3,(H,23,24). The first-order valence-electron chi connectivity index (χ1n) is 8.15. The van der Waals surface area contributed by atoms with Gasteiger partial charge in [-0.3, -0.25) is 0 Å². The van der Waals surface area contributed by atoms with E-state index in [4.69, 9.17) is 4.74 Å². The van der Waals surface area contributed by atoms with Gasteiger partial charge < -0.3 is 9.84 Å². The van der Waals surface area contributed by atoms with Gasteiger partial charge in [-0.1, -0.05) is 13.3 Å². The number of fused-ring (bicyclic) bond motifs is 1. The number of ether oxygens (including phenoxy) is 1. The van der Waals surface area contributed by atoms with Crippen molar-refractivity contribution in [3.63, 3.8) is 0 Å². The average Bonchev–Trinajstić information content (AvgIpc) is 2.61. The molecule has 25 heavy (non-hydrogen) atoms. The van der Waals surface area contributed by atoms with Crippen LogP contribution in [0.1, 0.15) is 30.1 Å². The van der Waals surface area contributed by atoms with Crippen LogP contribution < -0.4 is 4.74 Å². The molecule has 1 N–H and O–H groups in total. The molecule has 0 spiro atoms. The summed E-state index contributed by atoms with van der Waals surface area (Å²) in [4.78, 5) is 16.0. The third-order valence-corrected chi connectivity index (χ3v) is 3.92. The summed E-state index contributed by atoms with van der Waals surface area (Å²) in [6.45, 7) is 2.77. The minimum absolute atomic E-state index is 0.0303. The average molecular weight is 339 g/mol. The minimum Gasteiger partial charge on any atom is -0.494 e. The van der Waals surface area contributed by atoms with Gasteiger partial charge in [0.15, 0.2) is 0 Å². The second-order valence-corrected chi connectivity index (χ2v) is 5.75. The van der Waals surface area contributed by atoms with E-state index >= 15 is 0 Å². The number of pyridine rings is 1. The Labute approximate surface area is 144 Å². The molecule has 0 amide bonds. The lowest BCUT2D eigenvalue weighted by Crippen LogP contribution is -2.01. The summed E-state index contributed by atoms with van der Waals surface area (Å²) in [7, 11) is 0. The Morgan fingerprint density at radius 2 is 1.92 bits per heavy atom. The SMILES string of the molecule is CCCCOc1ccc(-c2cc(C(=O)O)c3cc(F)ccc3n2)cc1. The fourth-order valence-corrected chi connectivity index (χ4v) is 2.58. The van der Waals surface area contributed by atoms with Crippen molar-refractivity contribution in [3.05, 3.63) is 59.9 Å². The van der Waals surface area contributed by atoms with Crippen molar-refractivity contribution in [1.29, 1.82) is 0 Å². The molecule has 0 bridgehead atoms. The number of halogens is 1. The third-order valence-electron chi connectivity index (χ3n) is 3.92. The van der Waals surface area contributed by atoms with Gasteiger partial charge in [-0.25, -0.2) is 14.2 Å². The van der Waals surface area contributed by atoms with Crippen LogP contribution in [0, 0.1) is 5.82 Å². The number of rotatable bonds is 6. The molecule has 4 nitrogen and oxygen atoms in total. The van der Waals surface area contributed by atoms with Crippen LogP contribution in [0.2, 0.25) is 0 Å². The molecule has 0 radical (unpaired) electrons. The van der Waals surface area contributed by atoms with Gasteiger partial charge in [0.25, 0.3) is 0 Å². The number of benzene rings is 2. The second kappa shape index (κ2) is 7.30. The maximum atomic E-state index is 13.4. The minimum atomic E-state index is -1.11. The van der Waals surface area contributed by atoms with Gasteiger partial charge in [0, 0.05) is 10.9 Å². The zero-order valence-corrected chi connectivity index (χ0v) is 13.8. The van der Waals surface area contributed by atoms with E-state index in [1.54, 1.807) is 0 Å². The molecular weight excluding hydrogens is 321 g/mol. The van der Waals surface area contributed by atoms with Crippen LogP contribution in [0.3, 0.4) is 0 Å². The van der Waals surface area contributed by atoms with E-state index < -0.39 is 11.8 Å². The quantitative estimate of drug-likeness (QED) is 0.648. The third kappa shape index (κ3) is 3.76. The largest absolute Gasteiger partial charge is 0.494 e. The summed E-state index contributed by atoms with van der Waals surface area (Å²) in [5.74, 6) is -0.838. The van der Waals surface area contributed by atoms with Crippen molar-refractivity contribution in [2.24, 2.45) is 0 Å². The van der Waals surface area contributed by atoms with Gasteiger partial charge in [-0.15, -0.1) is 0 Å². The molecule has 0 aliphatic carbocycles. The summed E-state index contributed by atoms with van der Waals surface area (Å²) in [6, 6.07) is 12.8. The first kappa shape index (κ1) is 16.9. The van der Waals surface area contributed by atoms with Crippen LogP contribution in [0.4, 0.5) is 4.39 Å². The normalized spacial score (nSPS) is 10.8. The Hall–Kier alpha value is -2.95. The van der Waals surface area contributed by atoms with Crippen LogP contribution in [-0.2, 0) is 0 Å². The van der Waals surface area contributed by atoms with Crippen LogP contribution in [0.15, 0.2) is 48.5 Å². The van der Waals surface area contributed by atoms with Gasteiger partial charge in [0.05, 0.1) is 23.4 Å². The number of aromatic nitrogens is 1. The number of carboxylic acid groups (broad SMARTS) is 1. The molecule has 0 fully saturated rings. The van der Waals surface area contributed by atoms with Gasteiger partial charge in [0.1, 0.15) is 11.6 Å². The van der Waals surface area contributed by atoms with Gasteiger partial charge in [0.2, 0.25) is 0 Å². The summed E-state index contributed by atoms with van der Waals surface area (Å²) >= 11 is 0. The van der Waals surface area contributed by atoms with Crippen molar-refractivity contribution in [3.8, 4) is 17.0 Å². The molecule has 128 valence electrons. The Bertz CT molecular complexity index is 907. The summed E-state index contributed by atoms with van der Waals surface area (Å²) in [5.41, 5.74) is 1.77. The van der Waals surface area contributed by atoms with Crippen molar-refractivity contribution in [1.82, 2.24) is 4.98 Å². The highest BCUT2D eigenvalue weighted by molar-refractivity contribution is 6.03. The Morgan fingerprint density at radius 3 is 2.60 bits per heavy atom. The van der Waals surface area contributed by atoms with Gasteiger partial charge in [-0.05, 0) is 55.0 Å². The van der Waals surface area contributed by atoms with Crippen molar-refractivity contribution < 1.29 is 19.0 Å². The van der Waals surface area contributed by atoms with E-state index in [0.717, 1.165) is 24.2 Å². The lowest BCUT2D eigenvalue weighted by atomic mass is 10.0. The monoisotopic (exact) mass is 339 g/mol. The number of unbranched alkanes of at least 4 members (excludes halogenated alkanes) is 1. The smallest absolute Gasteiger partial charge is 0.336 e. The lowest BCUT2D eigenvalue weighted by molar-refractivity contribution is 0.0699. The number of hydrogen-bond acceptors (Lipinski definition) is 3.